The zero-order valence-corrected chi connectivity index (χ0v) is 8.55. The minimum absolute atomic E-state index is 0.917. The molecule has 0 rings (SSSR count). The summed E-state index contributed by atoms with van der Waals surface area (Å²) in [5.74, 6) is 0. The van der Waals surface area contributed by atoms with E-state index >= 15 is 0 Å². The molecule has 0 aromatic carbocycles. The molecule has 0 unspecified atom stereocenters. The van der Waals surface area contributed by atoms with Gasteiger partial charge in [-0.25, -0.2) is 19.1 Å². The molecule has 0 nitrogen and oxygen atoms in total. The summed E-state index contributed by atoms with van der Waals surface area (Å²) in [6, 6.07) is 0. The van der Waals surface area contributed by atoms with Crippen LogP contribution in [0.5, 0.6) is 0 Å². The van der Waals surface area contributed by atoms with Gasteiger partial charge in [-0.15, -0.1) is 0 Å². The van der Waals surface area contributed by atoms with Crippen LogP contribution in [0.4, 0.5) is 0 Å². The Labute approximate surface area is 56.0 Å². The fourth-order valence-electron chi connectivity index (χ4n) is 0. The van der Waals surface area contributed by atoms with Crippen molar-refractivity contribution in [3.8, 4) is 0 Å². The molecule has 0 aromatic heterocycles. The van der Waals surface area contributed by atoms with Gasteiger partial charge in [0.15, 0.2) is 0 Å². The Morgan fingerprint density at radius 3 is 1.83 bits per heavy atom. The van der Waals surface area contributed by atoms with Gasteiger partial charge in [0.05, 0.1) is 0 Å². The summed E-state index contributed by atoms with van der Waals surface area (Å²) >= 11 is 4.25. The summed E-state index contributed by atoms with van der Waals surface area (Å²) < 4.78 is 0. The quantitative estimate of drug-likeness (QED) is 0.415. The normalized spacial score (nSPS) is 5.33. The third kappa shape index (κ3) is 128. The van der Waals surface area contributed by atoms with Gasteiger partial charge in [-0.2, -0.15) is 0 Å². The van der Waals surface area contributed by atoms with Crippen LogP contribution in [0.3, 0.4) is 0 Å². The minimum atomic E-state index is 0.917. The molecule has 0 aromatic rings. The van der Waals surface area contributed by atoms with Crippen molar-refractivity contribution < 1.29 is 16.3 Å². The Bertz CT molecular complexity index is 30.5. The van der Waals surface area contributed by atoms with Gasteiger partial charge in [-0.3, -0.25) is 0 Å². The molecular formula is C4H7BrZn. The average molecular weight is 200 g/mol. The van der Waals surface area contributed by atoms with Gasteiger partial charge in [-0.05, 0) is 0 Å². The summed E-state index contributed by atoms with van der Waals surface area (Å²) in [5.41, 5.74) is 0.917. The van der Waals surface area contributed by atoms with Crippen molar-refractivity contribution >= 4 is 13.6 Å². The number of halogens is 1. The SMILES string of the molecule is C=C([CH2-])C.[Zn+][Br]. The second-order valence-corrected chi connectivity index (χ2v) is 0.957. The molecule has 0 saturated carbocycles. The topological polar surface area (TPSA) is 0 Å². The molecule has 0 spiro atoms. The Hall–Kier alpha value is 0.713. The van der Waals surface area contributed by atoms with Gasteiger partial charge in [0, 0.05) is 0 Å². The second kappa shape index (κ2) is 9.20. The van der Waals surface area contributed by atoms with Crippen LogP contribution in [0.2, 0.25) is 0 Å². The summed E-state index contributed by atoms with van der Waals surface area (Å²) in [7, 11) is 0. The molecule has 2 heteroatoms. The molecule has 0 N–H and O–H groups in total. The van der Waals surface area contributed by atoms with Crippen molar-refractivity contribution in [2.45, 2.75) is 6.92 Å². The predicted octanol–water partition coefficient (Wildman–Crippen LogP) is 2.24. The van der Waals surface area contributed by atoms with Crippen molar-refractivity contribution in [2.24, 2.45) is 0 Å². The van der Waals surface area contributed by atoms with E-state index in [1.807, 2.05) is 6.92 Å². The third-order valence-electron chi connectivity index (χ3n) is 0. The van der Waals surface area contributed by atoms with E-state index in [4.69, 9.17) is 0 Å². The third-order valence-corrected chi connectivity index (χ3v) is 0. The Morgan fingerprint density at radius 1 is 1.83 bits per heavy atom. The van der Waals surface area contributed by atoms with Crippen molar-refractivity contribution in [2.75, 3.05) is 0 Å². The van der Waals surface area contributed by atoms with Crippen molar-refractivity contribution in [3.63, 3.8) is 0 Å². The van der Waals surface area contributed by atoms with Gasteiger partial charge >= 0.3 is 30.0 Å². The molecule has 0 heterocycles. The summed E-state index contributed by atoms with van der Waals surface area (Å²) in [4.78, 5) is 0. The van der Waals surface area contributed by atoms with Gasteiger partial charge in [0.25, 0.3) is 0 Å². The molecule has 0 amide bonds. The van der Waals surface area contributed by atoms with Crippen LogP contribution in [0, 0.1) is 6.92 Å². The number of hydrogen-bond acceptors (Lipinski definition) is 0. The van der Waals surface area contributed by atoms with Crippen LogP contribution < -0.4 is 0 Å². The molecule has 6 heavy (non-hydrogen) atoms. The zero-order chi connectivity index (χ0) is 5.58. The van der Waals surface area contributed by atoms with Crippen LogP contribution in [0.15, 0.2) is 12.2 Å². The van der Waals surface area contributed by atoms with E-state index < -0.39 is 0 Å². The molecule has 0 atom stereocenters. The Balaban J connectivity index is 0. The van der Waals surface area contributed by atoms with Crippen molar-refractivity contribution in [1.29, 1.82) is 0 Å². The summed E-state index contributed by atoms with van der Waals surface area (Å²) in [6.07, 6.45) is 0. The molecule has 0 aliphatic rings. The van der Waals surface area contributed by atoms with E-state index in [2.05, 4.69) is 27.1 Å². The monoisotopic (exact) mass is 198 g/mol. The van der Waals surface area contributed by atoms with Crippen LogP contribution in [-0.4, -0.2) is 0 Å². The first-order valence-electron chi connectivity index (χ1n) is 1.47. The molecule has 0 saturated heterocycles. The van der Waals surface area contributed by atoms with Crippen LogP contribution in [0.25, 0.3) is 0 Å². The first kappa shape index (κ1) is 9.86. The van der Waals surface area contributed by atoms with Gasteiger partial charge in [0.2, 0.25) is 0 Å². The molecule has 0 fully saturated rings. The first-order valence-corrected chi connectivity index (χ1v) is 8.42. The van der Waals surface area contributed by atoms with Crippen LogP contribution in [0.1, 0.15) is 6.92 Å². The molecule has 32 valence electrons. The van der Waals surface area contributed by atoms with Crippen molar-refractivity contribution in [1.82, 2.24) is 0 Å². The van der Waals surface area contributed by atoms with Crippen LogP contribution >= 0.6 is 13.6 Å². The van der Waals surface area contributed by atoms with Crippen molar-refractivity contribution in [3.05, 3.63) is 19.1 Å². The fraction of sp³-hybridized carbons (Fsp3) is 0.250. The summed E-state index contributed by atoms with van der Waals surface area (Å²) in [6.45, 7) is 8.75. The van der Waals surface area contributed by atoms with E-state index in [1.165, 1.54) is 16.3 Å². The standard InChI is InChI=1S/C4H7.BrH.Zn/c1-4(2)3;;/h1-2H2,3H3;1H;/q-1;;+2/p-1. The molecule has 0 aliphatic heterocycles. The van der Waals surface area contributed by atoms with E-state index in [0.717, 1.165) is 5.57 Å². The molecular weight excluding hydrogens is 193 g/mol. The van der Waals surface area contributed by atoms with E-state index in [-0.39, 0.29) is 0 Å². The maximum atomic E-state index is 3.44. The number of rotatable bonds is 0. The summed E-state index contributed by atoms with van der Waals surface area (Å²) in [5, 5.41) is 0. The zero-order valence-electron chi connectivity index (χ0n) is 4.00. The maximum absolute atomic E-state index is 3.44. The average Bonchev–Trinajstić information content (AvgIpc) is 1.41. The number of allylic oxidation sites excluding steroid dienone is 1. The Morgan fingerprint density at radius 2 is 1.83 bits per heavy atom. The van der Waals surface area contributed by atoms with Gasteiger partial charge in [0.1, 0.15) is 0 Å². The fourth-order valence-corrected chi connectivity index (χ4v) is 0. The predicted molar refractivity (Wildman–Crippen MR) is 29.1 cm³/mol. The second-order valence-electron chi connectivity index (χ2n) is 0.957. The van der Waals surface area contributed by atoms with Gasteiger partial charge < -0.3 is 0 Å². The van der Waals surface area contributed by atoms with E-state index in [1.54, 1.807) is 0 Å². The van der Waals surface area contributed by atoms with Gasteiger partial charge in [-0.1, -0.05) is 6.92 Å². The molecule has 0 bridgehead atoms. The van der Waals surface area contributed by atoms with E-state index in [0.29, 0.717) is 0 Å². The molecule has 0 radical (unpaired) electrons. The Kier molecular flexibility index (Phi) is 15.1. The van der Waals surface area contributed by atoms with E-state index in [9.17, 15) is 0 Å². The number of hydrogen-bond donors (Lipinski definition) is 0. The molecule has 0 aliphatic carbocycles. The van der Waals surface area contributed by atoms with Crippen LogP contribution in [-0.2, 0) is 16.3 Å². The first-order chi connectivity index (χ1) is 2.73.